The van der Waals surface area contributed by atoms with Crippen molar-refractivity contribution in [2.24, 2.45) is 0 Å². The summed E-state index contributed by atoms with van der Waals surface area (Å²) in [5.41, 5.74) is 0. The maximum Gasteiger partial charge on any atom is 0.236 e. The van der Waals surface area contributed by atoms with E-state index in [9.17, 15) is 4.79 Å². The fraction of sp³-hybridized carbons (Fsp3) is 0.909. The van der Waals surface area contributed by atoms with Crippen molar-refractivity contribution in [3.05, 3.63) is 0 Å². The third-order valence-corrected chi connectivity index (χ3v) is 3.13. The number of rotatable bonds is 3. The zero-order valence-corrected chi connectivity index (χ0v) is 9.61. The standard InChI is InChI=1S/C11H20N2O3/c14-11(13-3-7-16-8-4-13)9-12-10-1-5-15-6-2-10/h10,12H,1-9H2. The lowest BCUT2D eigenvalue weighted by Crippen LogP contribution is -2.47. The Kier molecular flexibility index (Phi) is 4.56. The maximum atomic E-state index is 11.8. The SMILES string of the molecule is O=C(CNC1CCOCC1)N1CCOCC1. The molecular weight excluding hydrogens is 208 g/mol. The van der Waals surface area contributed by atoms with Crippen LogP contribution in [0.4, 0.5) is 0 Å². The van der Waals surface area contributed by atoms with Gasteiger partial charge in [-0.2, -0.15) is 0 Å². The van der Waals surface area contributed by atoms with Gasteiger partial charge < -0.3 is 19.7 Å². The zero-order chi connectivity index (χ0) is 11.2. The lowest BCUT2D eigenvalue weighted by Gasteiger charge is -2.28. The Morgan fingerprint density at radius 3 is 2.44 bits per heavy atom. The van der Waals surface area contributed by atoms with Crippen LogP contribution in [-0.2, 0) is 14.3 Å². The molecule has 2 aliphatic rings. The minimum Gasteiger partial charge on any atom is -0.381 e. The average molecular weight is 228 g/mol. The number of nitrogens with one attached hydrogen (secondary N) is 1. The molecule has 0 aromatic carbocycles. The highest BCUT2D eigenvalue weighted by Crippen LogP contribution is 2.06. The highest BCUT2D eigenvalue weighted by molar-refractivity contribution is 5.78. The van der Waals surface area contributed by atoms with Crippen LogP contribution in [0.2, 0.25) is 0 Å². The molecule has 1 amide bonds. The Labute approximate surface area is 96.1 Å². The van der Waals surface area contributed by atoms with E-state index in [4.69, 9.17) is 9.47 Å². The lowest BCUT2D eigenvalue weighted by atomic mass is 10.1. The second-order valence-corrected chi connectivity index (χ2v) is 4.26. The summed E-state index contributed by atoms with van der Waals surface area (Å²) in [6, 6.07) is 0.443. The molecule has 0 spiro atoms. The van der Waals surface area contributed by atoms with E-state index >= 15 is 0 Å². The van der Waals surface area contributed by atoms with Crippen molar-refractivity contribution in [2.45, 2.75) is 18.9 Å². The van der Waals surface area contributed by atoms with E-state index in [1.54, 1.807) is 0 Å². The lowest BCUT2D eigenvalue weighted by molar-refractivity contribution is -0.134. The van der Waals surface area contributed by atoms with Crippen LogP contribution in [0.3, 0.4) is 0 Å². The Balaban J connectivity index is 1.65. The summed E-state index contributed by atoms with van der Waals surface area (Å²) in [5, 5.41) is 3.31. The minimum atomic E-state index is 0.190. The van der Waals surface area contributed by atoms with Gasteiger partial charge in [0.15, 0.2) is 0 Å². The zero-order valence-electron chi connectivity index (χ0n) is 9.61. The fourth-order valence-electron chi connectivity index (χ4n) is 2.06. The molecule has 0 atom stereocenters. The number of carbonyl (C=O) groups is 1. The number of carbonyl (C=O) groups excluding carboxylic acids is 1. The monoisotopic (exact) mass is 228 g/mol. The summed E-state index contributed by atoms with van der Waals surface area (Å²) < 4.78 is 10.5. The first-order chi connectivity index (χ1) is 7.86. The molecule has 0 aliphatic carbocycles. The molecule has 0 unspecified atom stereocenters. The van der Waals surface area contributed by atoms with E-state index in [-0.39, 0.29) is 5.91 Å². The van der Waals surface area contributed by atoms with Crippen LogP contribution in [0.15, 0.2) is 0 Å². The Morgan fingerprint density at radius 2 is 1.75 bits per heavy atom. The Morgan fingerprint density at radius 1 is 1.12 bits per heavy atom. The molecule has 0 aromatic rings. The largest absolute Gasteiger partial charge is 0.381 e. The van der Waals surface area contributed by atoms with Gasteiger partial charge in [0.25, 0.3) is 0 Å². The first-order valence-electron chi connectivity index (χ1n) is 6.03. The molecule has 0 saturated carbocycles. The fourth-order valence-corrected chi connectivity index (χ4v) is 2.06. The van der Waals surface area contributed by atoms with Crippen LogP contribution in [0.5, 0.6) is 0 Å². The van der Waals surface area contributed by atoms with Crippen molar-refractivity contribution < 1.29 is 14.3 Å². The van der Waals surface area contributed by atoms with Gasteiger partial charge in [0.05, 0.1) is 19.8 Å². The number of nitrogens with zero attached hydrogens (tertiary/aromatic N) is 1. The summed E-state index contributed by atoms with van der Waals surface area (Å²) >= 11 is 0. The molecule has 5 nitrogen and oxygen atoms in total. The third-order valence-electron chi connectivity index (χ3n) is 3.13. The van der Waals surface area contributed by atoms with Crippen LogP contribution in [0, 0.1) is 0 Å². The minimum absolute atomic E-state index is 0.190. The van der Waals surface area contributed by atoms with Crippen LogP contribution < -0.4 is 5.32 Å². The molecular formula is C11H20N2O3. The van der Waals surface area contributed by atoms with Gasteiger partial charge in [-0.05, 0) is 12.8 Å². The van der Waals surface area contributed by atoms with Crippen molar-refractivity contribution in [3.63, 3.8) is 0 Å². The number of morpholine rings is 1. The van der Waals surface area contributed by atoms with E-state index in [2.05, 4.69) is 5.32 Å². The van der Waals surface area contributed by atoms with Crippen molar-refractivity contribution in [1.82, 2.24) is 10.2 Å². The van der Waals surface area contributed by atoms with E-state index in [1.165, 1.54) is 0 Å². The van der Waals surface area contributed by atoms with Gasteiger partial charge >= 0.3 is 0 Å². The van der Waals surface area contributed by atoms with Crippen LogP contribution in [0.1, 0.15) is 12.8 Å². The number of hydrogen-bond acceptors (Lipinski definition) is 4. The topological polar surface area (TPSA) is 50.8 Å². The van der Waals surface area contributed by atoms with E-state index in [1.807, 2.05) is 4.90 Å². The molecule has 2 fully saturated rings. The molecule has 0 bridgehead atoms. The van der Waals surface area contributed by atoms with Crippen molar-refractivity contribution in [2.75, 3.05) is 46.1 Å². The van der Waals surface area contributed by atoms with Crippen LogP contribution in [-0.4, -0.2) is 62.9 Å². The number of ether oxygens (including phenoxy) is 2. The molecule has 1 N–H and O–H groups in total. The molecule has 2 saturated heterocycles. The first kappa shape index (κ1) is 11.8. The van der Waals surface area contributed by atoms with Crippen molar-refractivity contribution in [1.29, 1.82) is 0 Å². The molecule has 2 rings (SSSR count). The van der Waals surface area contributed by atoms with Gasteiger partial charge in [0, 0.05) is 32.3 Å². The second-order valence-electron chi connectivity index (χ2n) is 4.26. The highest BCUT2D eigenvalue weighted by atomic mass is 16.5. The van der Waals surface area contributed by atoms with Gasteiger partial charge in [-0.15, -0.1) is 0 Å². The van der Waals surface area contributed by atoms with Gasteiger partial charge in [-0.3, -0.25) is 4.79 Å². The maximum absolute atomic E-state index is 11.8. The Hall–Kier alpha value is -0.650. The molecule has 0 aromatic heterocycles. The quantitative estimate of drug-likeness (QED) is 0.715. The van der Waals surface area contributed by atoms with E-state index in [0.29, 0.717) is 25.8 Å². The van der Waals surface area contributed by atoms with Gasteiger partial charge in [0.1, 0.15) is 0 Å². The number of amides is 1. The average Bonchev–Trinajstić information content (AvgIpc) is 2.38. The summed E-state index contributed by atoms with van der Waals surface area (Å²) in [4.78, 5) is 13.7. The normalized spacial score (nSPS) is 23.4. The van der Waals surface area contributed by atoms with Gasteiger partial charge in [-0.1, -0.05) is 0 Å². The molecule has 92 valence electrons. The molecule has 2 aliphatic heterocycles. The van der Waals surface area contributed by atoms with Crippen molar-refractivity contribution in [3.8, 4) is 0 Å². The molecule has 16 heavy (non-hydrogen) atoms. The summed E-state index contributed by atoms with van der Waals surface area (Å²) in [7, 11) is 0. The predicted molar refractivity (Wildman–Crippen MR) is 59.2 cm³/mol. The van der Waals surface area contributed by atoms with Gasteiger partial charge in [-0.25, -0.2) is 0 Å². The van der Waals surface area contributed by atoms with E-state index < -0.39 is 0 Å². The smallest absolute Gasteiger partial charge is 0.236 e. The van der Waals surface area contributed by atoms with E-state index in [0.717, 1.165) is 39.1 Å². The number of hydrogen-bond donors (Lipinski definition) is 1. The van der Waals surface area contributed by atoms with Crippen molar-refractivity contribution >= 4 is 5.91 Å². The summed E-state index contributed by atoms with van der Waals surface area (Å²) in [6.45, 7) is 4.87. The highest BCUT2D eigenvalue weighted by Gasteiger charge is 2.19. The predicted octanol–water partition coefficient (Wildman–Crippen LogP) is -0.386. The molecule has 2 heterocycles. The second kappa shape index (κ2) is 6.18. The van der Waals surface area contributed by atoms with Crippen LogP contribution in [0.25, 0.3) is 0 Å². The molecule has 5 heteroatoms. The van der Waals surface area contributed by atoms with Crippen LogP contribution >= 0.6 is 0 Å². The summed E-state index contributed by atoms with van der Waals surface area (Å²) in [5.74, 6) is 0.190. The van der Waals surface area contributed by atoms with Gasteiger partial charge in [0.2, 0.25) is 5.91 Å². The first-order valence-corrected chi connectivity index (χ1v) is 6.03. The summed E-state index contributed by atoms with van der Waals surface area (Å²) in [6.07, 6.45) is 2.02. The Bertz CT molecular complexity index is 223. The molecule has 0 radical (unpaired) electrons. The third kappa shape index (κ3) is 3.43.